The van der Waals surface area contributed by atoms with Crippen LogP contribution in [0.5, 0.6) is 0 Å². The fraction of sp³-hybridized carbons (Fsp3) is 0.200. The van der Waals surface area contributed by atoms with Gasteiger partial charge >= 0.3 is 5.97 Å². The summed E-state index contributed by atoms with van der Waals surface area (Å²) in [6, 6.07) is 16.1. The summed E-state index contributed by atoms with van der Waals surface area (Å²) >= 11 is 0. The molecular formula is C20H18N2O4. The Hall–Kier alpha value is -3.28. The maximum absolute atomic E-state index is 13.0. The van der Waals surface area contributed by atoms with E-state index in [1.54, 1.807) is 67.6 Å². The van der Waals surface area contributed by atoms with E-state index in [2.05, 4.69) is 4.99 Å². The lowest BCUT2D eigenvalue weighted by Crippen LogP contribution is -2.66. The molecule has 1 aliphatic heterocycles. The maximum Gasteiger partial charge on any atom is 0.336 e. The molecule has 1 heterocycles. The molecule has 2 amide bonds. The molecule has 3 rings (SSSR count). The predicted molar refractivity (Wildman–Crippen MR) is 96.1 cm³/mol. The van der Waals surface area contributed by atoms with Gasteiger partial charge in [-0.2, -0.15) is 0 Å². The molecule has 0 fully saturated rings. The minimum Gasteiger partial charge on any atom is -0.479 e. The number of carbonyl (C=O) groups is 3. The van der Waals surface area contributed by atoms with Crippen molar-refractivity contribution in [3.05, 3.63) is 71.8 Å². The first kappa shape index (κ1) is 17.5. The molecule has 2 aromatic carbocycles. The van der Waals surface area contributed by atoms with Crippen LogP contribution in [0.3, 0.4) is 0 Å². The number of imide groups is 1. The Balaban J connectivity index is 2.20. The normalized spacial score (nSPS) is 22.7. The molecule has 6 heteroatoms. The minimum atomic E-state index is -1.90. The lowest BCUT2D eigenvalue weighted by atomic mass is 9.85. The summed E-state index contributed by atoms with van der Waals surface area (Å²) in [5.41, 5.74) is -0.919. The van der Waals surface area contributed by atoms with Gasteiger partial charge in [0, 0.05) is 5.56 Å². The number of carboxylic acids is 1. The summed E-state index contributed by atoms with van der Waals surface area (Å²) in [6.45, 7) is 2.89. The van der Waals surface area contributed by atoms with E-state index < -0.39 is 29.4 Å². The summed E-state index contributed by atoms with van der Waals surface area (Å²) in [4.78, 5) is 43.2. The van der Waals surface area contributed by atoms with Crippen LogP contribution in [0.25, 0.3) is 0 Å². The zero-order valence-corrected chi connectivity index (χ0v) is 14.4. The molecule has 2 unspecified atom stereocenters. The fourth-order valence-electron chi connectivity index (χ4n) is 3.05. The van der Waals surface area contributed by atoms with Crippen molar-refractivity contribution in [1.29, 1.82) is 0 Å². The third kappa shape index (κ3) is 2.69. The van der Waals surface area contributed by atoms with E-state index in [1.165, 1.54) is 6.92 Å². The highest BCUT2D eigenvalue weighted by Crippen LogP contribution is 2.30. The molecule has 0 saturated heterocycles. The fourth-order valence-corrected chi connectivity index (χ4v) is 3.05. The Morgan fingerprint density at radius 2 is 1.58 bits per heavy atom. The Bertz CT molecular complexity index is 893. The second-order valence-corrected chi connectivity index (χ2v) is 6.24. The van der Waals surface area contributed by atoms with Crippen LogP contribution < -0.4 is 0 Å². The molecule has 0 aromatic heterocycles. The molecule has 0 saturated carbocycles. The number of carbonyl (C=O) groups excluding carboxylic acids is 2. The standard InChI is InChI=1S/C20H18N2O4/c1-13-17(23)22(18(24)15-11-7-4-8-12-15)20(2,19(25)26)16(21-13)14-9-5-3-6-10-14/h3-13H,1-2H3,(H,25,26). The van der Waals surface area contributed by atoms with Crippen LogP contribution in [0.2, 0.25) is 0 Å². The highest BCUT2D eigenvalue weighted by atomic mass is 16.4. The Morgan fingerprint density at radius 1 is 1.04 bits per heavy atom. The lowest BCUT2D eigenvalue weighted by molar-refractivity contribution is -0.151. The zero-order valence-electron chi connectivity index (χ0n) is 14.4. The minimum absolute atomic E-state index is 0.182. The van der Waals surface area contributed by atoms with Crippen LogP contribution in [0, 0.1) is 0 Å². The first-order chi connectivity index (χ1) is 12.4. The van der Waals surface area contributed by atoms with Gasteiger partial charge < -0.3 is 5.11 Å². The van der Waals surface area contributed by atoms with Gasteiger partial charge in [0.15, 0.2) is 5.54 Å². The van der Waals surface area contributed by atoms with Crippen molar-refractivity contribution in [2.24, 2.45) is 4.99 Å². The maximum atomic E-state index is 13.0. The van der Waals surface area contributed by atoms with Crippen molar-refractivity contribution in [3.8, 4) is 0 Å². The monoisotopic (exact) mass is 350 g/mol. The van der Waals surface area contributed by atoms with Crippen LogP contribution in [-0.2, 0) is 9.59 Å². The third-order valence-corrected chi connectivity index (χ3v) is 4.50. The van der Waals surface area contributed by atoms with E-state index >= 15 is 0 Å². The summed E-state index contributed by atoms with van der Waals surface area (Å²) in [5.74, 6) is -2.61. The van der Waals surface area contributed by atoms with Gasteiger partial charge in [-0.25, -0.2) is 4.79 Å². The molecule has 0 radical (unpaired) electrons. The van der Waals surface area contributed by atoms with Gasteiger partial charge in [-0.05, 0) is 31.5 Å². The smallest absolute Gasteiger partial charge is 0.336 e. The highest BCUT2D eigenvalue weighted by molar-refractivity contribution is 6.26. The van der Waals surface area contributed by atoms with Crippen LogP contribution >= 0.6 is 0 Å². The molecular weight excluding hydrogens is 332 g/mol. The van der Waals surface area contributed by atoms with Crippen molar-refractivity contribution < 1.29 is 19.5 Å². The SMILES string of the molecule is CC1N=C(c2ccccc2)C(C)(C(=O)O)N(C(=O)c2ccccc2)C1=O. The number of rotatable bonds is 3. The molecule has 2 atom stereocenters. The van der Waals surface area contributed by atoms with Crippen molar-refractivity contribution in [2.45, 2.75) is 25.4 Å². The van der Waals surface area contributed by atoms with Gasteiger partial charge in [-0.15, -0.1) is 0 Å². The van der Waals surface area contributed by atoms with E-state index in [9.17, 15) is 19.5 Å². The number of aliphatic carboxylic acids is 1. The number of hydrogen-bond acceptors (Lipinski definition) is 4. The Morgan fingerprint density at radius 3 is 2.12 bits per heavy atom. The van der Waals surface area contributed by atoms with E-state index in [4.69, 9.17) is 0 Å². The van der Waals surface area contributed by atoms with Gasteiger partial charge in [0.25, 0.3) is 11.8 Å². The van der Waals surface area contributed by atoms with Crippen LogP contribution in [-0.4, -0.2) is 45.1 Å². The van der Waals surface area contributed by atoms with E-state index in [0.29, 0.717) is 5.56 Å². The third-order valence-electron chi connectivity index (χ3n) is 4.50. The largest absolute Gasteiger partial charge is 0.479 e. The Kier molecular flexibility index (Phi) is 4.42. The molecule has 0 aliphatic carbocycles. The van der Waals surface area contributed by atoms with E-state index in [-0.39, 0.29) is 11.3 Å². The molecule has 132 valence electrons. The first-order valence-electron chi connectivity index (χ1n) is 8.18. The highest BCUT2D eigenvalue weighted by Gasteiger charge is 2.54. The van der Waals surface area contributed by atoms with Crippen molar-refractivity contribution in [2.75, 3.05) is 0 Å². The van der Waals surface area contributed by atoms with Crippen LogP contribution in [0.4, 0.5) is 0 Å². The van der Waals surface area contributed by atoms with Crippen molar-refractivity contribution in [1.82, 2.24) is 4.90 Å². The van der Waals surface area contributed by atoms with Crippen LogP contribution in [0.1, 0.15) is 29.8 Å². The summed E-state index contributed by atoms with van der Waals surface area (Å²) in [7, 11) is 0. The van der Waals surface area contributed by atoms with Crippen LogP contribution in [0.15, 0.2) is 65.7 Å². The number of nitrogens with zero attached hydrogens (tertiary/aromatic N) is 2. The summed E-state index contributed by atoms with van der Waals surface area (Å²) in [6.07, 6.45) is 0. The number of hydrogen-bond donors (Lipinski definition) is 1. The average molecular weight is 350 g/mol. The molecule has 1 N–H and O–H groups in total. The number of amides is 2. The Labute approximate surface area is 150 Å². The van der Waals surface area contributed by atoms with Gasteiger partial charge in [0.05, 0.1) is 5.71 Å². The quantitative estimate of drug-likeness (QED) is 0.861. The van der Waals surface area contributed by atoms with E-state index in [1.807, 2.05) is 0 Å². The summed E-state index contributed by atoms with van der Waals surface area (Å²) < 4.78 is 0. The topological polar surface area (TPSA) is 87.0 Å². The lowest BCUT2D eigenvalue weighted by Gasteiger charge is -2.41. The number of carboxylic acid groups (broad SMARTS) is 1. The number of benzene rings is 2. The molecule has 0 spiro atoms. The molecule has 0 bridgehead atoms. The van der Waals surface area contributed by atoms with Gasteiger partial charge in [0.2, 0.25) is 0 Å². The predicted octanol–water partition coefficient (Wildman–Crippen LogP) is 2.39. The second-order valence-electron chi connectivity index (χ2n) is 6.24. The first-order valence-corrected chi connectivity index (χ1v) is 8.18. The average Bonchev–Trinajstić information content (AvgIpc) is 2.66. The zero-order chi connectivity index (χ0) is 18.9. The van der Waals surface area contributed by atoms with Gasteiger partial charge in [0.1, 0.15) is 6.04 Å². The number of aliphatic imine (C=N–C) groups is 1. The van der Waals surface area contributed by atoms with E-state index in [0.717, 1.165) is 4.90 Å². The molecule has 2 aromatic rings. The second kappa shape index (κ2) is 6.55. The summed E-state index contributed by atoms with van der Waals surface area (Å²) in [5, 5.41) is 9.97. The van der Waals surface area contributed by atoms with Gasteiger partial charge in [-0.3, -0.25) is 19.5 Å². The molecule has 6 nitrogen and oxygen atoms in total. The van der Waals surface area contributed by atoms with Gasteiger partial charge in [-0.1, -0.05) is 48.5 Å². The molecule has 26 heavy (non-hydrogen) atoms. The van der Waals surface area contributed by atoms with Crippen molar-refractivity contribution >= 4 is 23.5 Å². The van der Waals surface area contributed by atoms with Crippen molar-refractivity contribution in [3.63, 3.8) is 0 Å². The molecule has 1 aliphatic rings.